The quantitative estimate of drug-likeness (QED) is 0.527. The van der Waals surface area contributed by atoms with Crippen LogP contribution in [0, 0.1) is 17.8 Å². The molecule has 0 aromatic heterocycles. The molecule has 0 spiro atoms. The number of ether oxygens (including phenoxy) is 3. The first kappa shape index (κ1) is 20.7. The Bertz CT molecular complexity index is 212. The fourth-order valence-electron chi connectivity index (χ4n) is 1.47. The molecule has 0 amide bonds. The summed E-state index contributed by atoms with van der Waals surface area (Å²) < 4.78 is 14.5. The molecule has 0 saturated carbocycles. The average molecular weight is 276 g/mol. The maximum Gasteiger partial charge on any atom is 0.305 e. The second kappa shape index (κ2) is 12.4. The van der Waals surface area contributed by atoms with Gasteiger partial charge in [0, 0.05) is 20.1 Å². The van der Waals surface area contributed by atoms with Crippen molar-refractivity contribution in [3.8, 4) is 0 Å². The molecule has 2 atom stereocenters. The van der Waals surface area contributed by atoms with Gasteiger partial charge in [0.15, 0.2) is 6.29 Å². The first-order valence-corrected chi connectivity index (χ1v) is 6.96. The Balaban J connectivity index is 0. The van der Waals surface area contributed by atoms with Crippen LogP contribution in [0.4, 0.5) is 0 Å². The van der Waals surface area contributed by atoms with Crippen LogP contribution in [0.1, 0.15) is 47.5 Å². The van der Waals surface area contributed by atoms with E-state index < -0.39 is 0 Å². The maximum atomic E-state index is 10.8. The van der Waals surface area contributed by atoms with Crippen molar-refractivity contribution in [3.05, 3.63) is 0 Å². The van der Waals surface area contributed by atoms with E-state index in [4.69, 9.17) is 9.47 Å². The van der Waals surface area contributed by atoms with Gasteiger partial charge < -0.3 is 14.2 Å². The lowest BCUT2D eigenvalue weighted by Gasteiger charge is -2.19. The summed E-state index contributed by atoms with van der Waals surface area (Å²) >= 11 is 0. The number of hydrogen-bond donors (Lipinski definition) is 0. The molecule has 0 aromatic rings. The van der Waals surface area contributed by atoms with E-state index in [1.54, 1.807) is 14.2 Å². The first-order valence-electron chi connectivity index (χ1n) is 6.96. The van der Waals surface area contributed by atoms with Crippen molar-refractivity contribution in [3.63, 3.8) is 0 Å². The molecule has 0 aliphatic heterocycles. The van der Waals surface area contributed by atoms with Gasteiger partial charge in [-0.3, -0.25) is 4.79 Å². The van der Waals surface area contributed by atoms with Gasteiger partial charge in [-0.05, 0) is 11.8 Å². The maximum absolute atomic E-state index is 10.8. The highest BCUT2D eigenvalue weighted by molar-refractivity contribution is 5.69. The molecule has 4 heteroatoms. The Labute approximate surface area is 118 Å². The van der Waals surface area contributed by atoms with Gasteiger partial charge in [-0.25, -0.2) is 0 Å². The van der Waals surface area contributed by atoms with E-state index in [1.165, 1.54) is 13.5 Å². The van der Waals surface area contributed by atoms with Gasteiger partial charge in [0.25, 0.3) is 0 Å². The number of carbonyl (C=O) groups is 1. The van der Waals surface area contributed by atoms with Crippen LogP contribution in [0.25, 0.3) is 0 Å². The third-order valence-corrected chi connectivity index (χ3v) is 3.43. The van der Waals surface area contributed by atoms with Gasteiger partial charge in [0.2, 0.25) is 0 Å². The molecule has 0 N–H and O–H groups in total. The predicted octanol–water partition coefficient (Wildman–Crippen LogP) is 3.49. The number of carbonyl (C=O) groups excluding carboxylic acids is 1. The molecule has 0 aromatic carbocycles. The van der Waals surface area contributed by atoms with Crippen LogP contribution in [0.5, 0.6) is 0 Å². The highest BCUT2D eigenvalue weighted by Gasteiger charge is 2.19. The first-order chi connectivity index (χ1) is 8.83. The van der Waals surface area contributed by atoms with Crippen LogP contribution in [0.2, 0.25) is 0 Å². The van der Waals surface area contributed by atoms with Gasteiger partial charge in [0.05, 0.1) is 13.5 Å². The zero-order valence-electron chi connectivity index (χ0n) is 13.9. The van der Waals surface area contributed by atoms with Crippen LogP contribution in [0.15, 0.2) is 0 Å². The summed E-state index contributed by atoms with van der Waals surface area (Å²) in [6.07, 6.45) is 1.28. The minimum Gasteiger partial charge on any atom is -0.469 e. The van der Waals surface area contributed by atoms with E-state index in [1.807, 2.05) is 6.92 Å². The largest absolute Gasteiger partial charge is 0.469 e. The minimum absolute atomic E-state index is 0.00690. The Morgan fingerprint density at radius 1 is 0.947 bits per heavy atom. The zero-order valence-corrected chi connectivity index (χ0v) is 13.9. The van der Waals surface area contributed by atoms with E-state index in [9.17, 15) is 4.79 Å². The second-order valence-electron chi connectivity index (χ2n) is 5.23. The third kappa shape index (κ3) is 11.0. The molecule has 0 bridgehead atoms. The molecule has 0 heterocycles. The van der Waals surface area contributed by atoms with E-state index >= 15 is 0 Å². The third-order valence-electron chi connectivity index (χ3n) is 3.43. The van der Waals surface area contributed by atoms with Crippen molar-refractivity contribution in [2.24, 2.45) is 17.8 Å². The molecule has 0 unspecified atom stereocenters. The average Bonchev–Trinajstić information content (AvgIpc) is 2.39. The van der Waals surface area contributed by atoms with E-state index in [0.717, 1.165) is 11.8 Å². The monoisotopic (exact) mass is 276 g/mol. The fourth-order valence-corrected chi connectivity index (χ4v) is 1.47. The van der Waals surface area contributed by atoms with Crippen molar-refractivity contribution in [2.45, 2.75) is 53.8 Å². The molecule has 0 radical (unpaired) electrons. The molecule has 0 aliphatic carbocycles. The molecular formula is C15H32O4. The summed E-state index contributed by atoms with van der Waals surface area (Å²) in [5, 5.41) is 0. The van der Waals surface area contributed by atoms with Crippen molar-refractivity contribution >= 4 is 5.97 Å². The molecular weight excluding hydrogens is 244 g/mol. The van der Waals surface area contributed by atoms with Crippen molar-refractivity contribution < 1.29 is 19.0 Å². The van der Waals surface area contributed by atoms with Crippen LogP contribution < -0.4 is 0 Å². The van der Waals surface area contributed by atoms with Crippen LogP contribution in [0.3, 0.4) is 0 Å². The van der Waals surface area contributed by atoms with Gasteiger partial charge in [-0.1, -0.05) is 41.0 Å². The Kier molecular flexibility index (Phi) is 13.5. The molecule has 4 nitrogen and oxygen atoms in total. The summed E-state index contributed by atoms with van der Waals surface area (Å²) in [5.41, 5.74) is 0. The van der Waals surface area contributed by atoms with Gasteiger partial charge in [-0.2, -0.15) is 0 Å². The summed E-state index contributed by atoms with van der Waals surface area (Å²) in [6, 6.07) is 0. The zero-order chi connectivity index (χ0) is 15.4. The normalized spacial score (nSPS) is 13.8. The summed E-state index contributed by atoms with van der Waals surface area (Å²) in [6.45, 7) is 11.0. The molecule has 116 valence electrons. The lowest BCUT2D eigenvalue weighted by Crippen LogP contribution is -2.25. The number of methoxy groups -OCH3 is 3. The smallest absolute Gasteiger partial charge is 0.305 e. The fraction of sp³-hybridized carbons (Fsp3) is 0.933. The standard InChI is InChI=1S/C8H16O4.C7H16/c1-6(5-7(9)10-2)8(11-3)12-4;1-5-7(4)6(2)3/h6,8H,5H2,1-4H3;6-7H,5H2,1-4H3/t6-;7-/m00/s1. The Hall–Kier alpha value is -0.610. The van der Waals surface area contributed by atoms with Crippen molar-refractivity contribution in [2.75, 3.05) is 21.3 Å². The van der Waals surface area contributed by atoms with Crippen LogP contribution in [-0.2, 0) is 19.0 Å². The minimum atomic E-state index is -0.343. The van der Waals surface area contributed by atoms with Crippen molar-refractivity contribution in [1.29, 1.82) is 0 Å². The predicted molar refractivity (Wildman–Crippen MR) is 77.9 cm³/mol. The SMILES string of the molecule is CC[C@H](C)C(C)C.COC(=O)C[C@H](C)C(OC)OC. The molecule has 0 rings (SSSR count). The molecule has 0 fully saturated rings. The summed E-state index contributed by atoms with van der Waals surface area (Å²) in [5.74, 6) is 1.53. The number of hydrogen-bond acceptors (Lipinski definition) is 4. The van der Waals surface area contributed by atoms with Crippen LogP contribution in [-0.4, -0.2) is 33.6 Å². The van der Waals surface area contributed by atoms with Crippen molar-refractivity contribution in [1.82, 2.24) is 0 Å². The van der Waals surface area contributed by atoms with E-state index in [0.29, 0.717) is 6.42 Å². The van der Waals surface area contributed by atoms with Crippen LogP contribution >= 0.6 is 0 Å². The molecule has 19 heavy (non-hydrogen) atoms. The topological polar surface area (TPSA) is 44.8 Å². The highest BCUT2D eigenvalue weighted by atomic mass is 16.7. The van der Waals surface area contributed by atoms with Gasteiger partial charge >= 0.3 is 5.97 Å². The highest BCUT2D eigenvalue weighted by Crippen LogP contribution is 2.12. The summed E-state index contributed by atoms with van der Waals surface area (Å²) in [7, 11) is 4.45. The molecule has 0 saturated heterocycles. The van der Waals surface area contributed by atoms with Gasteiger partial charge in [0.1, 0.15) is 0 Å². The molecule has 0 aliphatic rings. The number of rotatable bonds is 7. The van der Waals surface area contributed by atoms with E-state index in [2.05, 4.69) is 32.4 Å². The van der Waals surface area contributed by atoms with E-state index in [-0.39, 0.29) is 18.2 Å². The lowest BCUT2D eigenvalue weighted by atomic mass is 9.96. The Morgan fingerprint density at radius 3 is 1.63 bits per heavy atom. The van der Waals surface area contributed by atoms with Gasteiger partial charge in [-0.15, -0.1) is 0 Å². The lowest BCUT2D eigenvalue weighted by molar-refractivity contribution is -0.155. The summed E-state index contributed by atoms with van der Waals surface area (Å²) in [4.78, 5) is 10.8. The Morgan fingerprint density at radius 2 is 1.42 bits per heavy atom. The second-order valence-corrected chi connectivity index (χ2v) is 5.23. The number of esters is 1.